The van der Waals surface area contributed by atoms with Crippen LogP contribution in [0.15, 0.2) is 0 Å². The standard InChI is InChI=1S/C18H34N2O5/c1-18(2,3)8-15(23)19-6-4-12(5-7-19)9-20-10-14(22)17(25)16(24)13(20)11-21/h12-14,16-17,21-22,24-25H,4-11H2,1-3H3/t13-,14-,16+,17+/m0/s1. The Balaban J connectivity index is 1.86. The zero-order valence-electron chi connectivity index (χ0n) is 15.6. The molecule has 2 aliphatic heterocycles. The second-order valence-electron chi connectivity index (χ2n) is 8.81. The smallest absolute Gasteiger partial charge is 0.223 e. The lowest BCUT2D eigenvalue weighted by Gasteiger charge is -2.45. The third kappa shape index (κ3) is 5.37. The molecule has 4 atom stereocenters. The lowest BCUT2D eigenvalue weighted by molar-refractivity contribution is -0.148. The largest absolute Gasteiger partial charge is 0.395 e. The van der Waals surface area contributed by atoms with Crippen LogP contribution in [0.2, 0.25) is 0 Å². The minimum Gasteiger partial charge on any atom is -0.395 e. The van der Waals surface area contributed by atoms with E-state index in [0.29, 0.717) is 18.9 Å². The number of hydrogen-bond donors (Lipinski definition) is 4. The van der Waals surface area contributed by atoms with Gasteiger partial charge in [0.25, 0.3) is 0 Å². The molecule has 7 nitrogen and oxygen atoms in total. The molecule has 2 fully saturated rings. The molecule has 0 aromatic heterocycles. The third-order valence-corrected chi connectivity index (χ3v) is 5.36. The summed E-state index contributed by atoms with van der Waals surface area (Å²) in [5.74, 6) is 0.550. The number of aliphatic hydroxyl groups is 4. The molecule has 0 unspecified atom stereocenters. The third-order valence-electron chi connectivity index (χ3n) is 5.36. The van der Waals surface area contributed by atoms with Crippen molar-refractivity contribution in [3.63, 3.8) is 0 Å². The monoisotopic (exact) mass is 358 g/mol. The summed E-state index contributed by atoms with van der Waals surface area (Å²) >= 11 is 0. The molecule has 4 N–H and O–H groups in total. The van der Waals surface area contributed by atoms with E-state index in [1.54, 1.807) is 0 Å². The van der Waals surface area contributed by atoms with Crippen molar-refractivity contribution in [1.29, 1.82) is 0 Å². The van der Waals surface area contributed by atoms with Gasteiger partial charge in [-0.3, -0.25) is 9.69 Å². The molecule has 0 radical (unpaired) electrons. The van der Waals surface area contributed by atoms with Crippen molar-refractivity contribution < 1.29 is 25.2 Å². The van der Waals surface area contributed by atoms with Crippen LogP contribution in [-0.2, 0) is 4.79 Å². The van der Waals surface area contributed by atoms with E-state index in [4.69, 9.17) is 0 Å². The molecule has 0 bridgehead atoms. The van der Waals surface area contributed by atoms with Crippen molar-refractivity contribution in [3.05, 3.63) is 0 Å². The maximum absolute atomic E-state index is 12.3. The number of hydrogen-bond acceptors (Lipinski definition) is 6. The Bertz CT molecular complexity index is 445. The zero-order valence-corrected chi connectivity index (χ0v) is 15.6. The van der Waals surface area contributed by atoms with Gasteiger partial charge in [0.2, 0.25) is 5.91 Å². The van der Waals surface area contributed by atoms with Gasteiger partial charge in [-0.2, -0.15) is 0 Å². The van der Waals surface area contributed by atoms with Crippen LogP contribution in [0, 0.1) is 11.3 Å². The van der Waals surface area contributed by atoms with Crippen LogP contribution in [0.1, 0.15) is 40.0 Å². The summed E-state index contributed by atoms with van der Waals surface area (Å²) < 4.78 is 0. The Labute approximate surface area is 150 Å². The Kier molecular flexibility index (Phi) is 6.84. The van der Waals surface area contributed by atoms with Gasteiger partial charge < -0.3 is 25.3 Å². The molecule has 2 heterocycles. The first kappa shape index (κ1) is 20.6. The molecule has 0 aromatic carbocycles. The number of rotatable bonds is 4. The lowest BCUT2D eigenvalue weighted by atomic mass is 9.89. The summed E-state index contributed by atoms with van der Waals surface area (Å²) in [6, 6.07) is -0.557. The summed E-state index contributed by atoms with van der Waals surface area (Å²) in [5.41, 5.74) is -0.0107. The van der Waals surface area contributed by atoms with Gasteiger partial charge in [0.05, 0.1) is 18.8 Å². The number of carbonyl (C=O) groups excluding carboxylic acids is 1. The number of carbonyl (C=O) groups is 1. The van der Waals surface area contributed by atoms with Gasteiger partial charge in [-0.05, 0) is 24.2 Å². The Morgan fingerprint density at radius 1 is 1.08 bits per heavy atom. The van der Waals surface area contributed by atoms with Gasteiger partial charge in [-0.15, -0.1) is 0 Å². The summed E-state index contributed by atoms with van der Waals surface area (Å²) in [5, 5.41) is 39.3. The SMILES string of the molecule is CC(C)(C)CC(=O)N1CCC(CN2C[C@H](O)[C@@H](O)[C@H](O)[C@@H]2CO)CC1. The van der Waals surface area contributed by atoms with Crippen LogP contribution in [0.5, 0.6) is 0 Å². The first-order chi connectivity index (χ1) is 11.6. The van der Waals surface area contributed by atoms with Crippen LogP contribution in [0.4, 0.5) is 0 Å². The molecule has 0 aliphatic carbocycles. The average Bonchev–Trinajstić information content (AvgIpc) is 2.52. The van der Waals surface area contributed by atoms with Crippen LogP contribution in [0.3, 0.4) is 0 Å². The van der Waals surface area contributed by atoms with Crippen molar-refractivity contribution in [2.45, 2.75) is 64.4 Å². The number of β-amino-alcohol motifs (C(OH)–C–C–N with tert-alkyl or cyclic N) is 1. The first-order valence-electron chi connectivity index (χ1n) is 9.29. The van der Waals surface area contributed by atoms with Crippen molar-refractivity contribution >= 4 is 5.91 Å². The van der Waals surface area contributed by atoms with E-state index in [1.807, 2.05) is 9.80 Å². The van der Waals surface area contributed by atoms with E-state index < -0.39 is 24.4 Å². The topological polar surface area (TPSA) is 104 Å². The average molecular weight is 358 g/mol. The number of amides is 1. The van der Waals surface area contributed by atoms with E-state index in [9.17, 15) is 25.2 Å². The minimum absolute atomic E-state index is 0.0107. The summed E-state index contributed by atoms with van der Waals surface area (Å²) in [4.78, 5) is 16.1. The normalized spacial score (nSPS) is 32.8. The molecular formula is C18H34N2O5. The Morgan fingerprint density at radius 2 is 1.68 bits per heavy atom. The molecule has 1 amide bonds. The highest BCUT2D eigenvalue weighted by molar-refractivity contribution is 5.76. The number of piperidine rings is 2. The highest BCUT2D eigenvalue weighted by Crippen LogP contribution is 2.26. The maximum Gasteiger partial charge on any atom is 0.223 e. The molecule has 2 saturated heterocycles. The van der Waals surface area contributed by atoms with E-state index in [0.717, 1.165) is 25.9 Å². The molecule has 25 heavy (non-hydrogen) atoms. The highest BCUT2D eigenvalue weighted by atomic mass is 16.4. The highest BCUT2D eigenvalue weighted by Gasteiger charge is 2.41. The van der Waals surface area contributed by atoms with Gasteiger partial charge >= 0.3 is 0 Å². The van der Waals surface area contributed by atoms with Crippen molar-refractivity contribution in [3.8, 4) is 0 Å². The predicted molar refractivity (Wildman–Crippen MR) is 93.8 cm³/mol. The number of likely N-dealkylation sites (tertiary alicyclic amines) is 2. The zero-order chi connectivity index (χ0) is 18.8. The van der Waals surface area contributed by atoms with E-state index in [-0.39, 0.29) is 24.5 Å². The van der Waals surface area contributed by atoms with Gasteiger partial charge in [0, 0.05) is 32.6 Å². The summed E-state index contributed by atoms with van der Waals surface area (Å²) in [7, 11) is 0. The van der Waals surface area contributed by atoms with Gasteiger partial charge in [0.1, 0.15) is 12.2 Å². The second-order valence-corrected chi connectivity index (χ2v) is 8.81. The van der Waals surface area contributed by atoms with E-state index >= 15 is 0 Å². The molecule has 0 spiro atoms. The second kappa shape index (κ2) is 8.31. The van der Waals surface area contributed by atoms with E-state index in [2.05, 4.69) is 20.8 Å². The molecule has 0 saturated carbocycles. The van der Waals surface area contributed by atoms with Crippen molar-refractivity contribution in [2.75, 3.05) is 32.8 Å². The molecule has 2 rings (SSSR count). The Morgan fingerprint density at radius 3 is 2.20 bits per heavy atom. The van der Waals surface area contributed by atoms with Crippen molar-refractivity contribution in [1.82, 2.24) is 9.80 Å². The van der Waals surface area contributed by atoms with Crippen LogP contribution in [0.25, 0.3) is 0 Å². The number of aliphatic hydroxyl groups excluding tert-OH is 4. The molecule has 7 heteroatoms. The van der Waals surface area contributed by atoms with Crippen LogP contribution in [-0.4, -0.2) is 93.3 Å². The Hall–Kier alpha value is -0.730. The fourth-order valence-corrected chi connectivity index (χ4v) is 3.85. The molecule has 0 aromatic rings. The quantitative estimate of drug-likeness (QED) is 0.536. The molecule has 146 valence electrons. The maximum atomic E-state index is 12.3. The van der Waals surface area contributed by atoms with E-state index in [1.165, 1.54) is 0 Å². The summed E-state index contributed by atoms with van der Waals surface area (Å²) in [6.45, 7) is 8.28. The lowest BCUT2D eigenvalue weighted by Crippen LogP contribution is -2.63. The molecular weight excluding hydrogens is 324 g/mol. The van der Waals surface area contributed by atoms with Crippen LogP contribution < -0.4 is 0 Å². The van der Waals surface area contributed by atoms with Gasteiger partial charge in [-0.1, -0.05) is 20.8 Å². The van der Waals surface area contributed by atoms with Crippen LogP contribution >= 0.6 is 0 Å². The van der Waals surface area contributed by atoms with Crippen molar-refractivity contribution in [2.24, 2.45) is 11.3 Å². The predicted octanol–water partition coefficient (Wildman–Crippen LogP) is -0.580. The molecule has 2 aliphatic rings. The number of nitrogens with zero attached hydrogens (tertiary/aromatic N) is 2. The minimum atomic E-state index is -1.22. The fraction of sp³-hybridized carbons (Fsp3) is 0.944. The first-order valence-corrected chi connectivity index (χ1v) is 9.29. The summed E-state index contributed by atoms with van der Waals surface area (Å²) in [6.07, 6.45) is -1.08. The van der Waals surface area contributed by atoms with Gasteiger partial charge in [-0.25, -0.2) is 0 Å². The van der Waals surface area contributed by atoms with Gasteiger partial charge in [0.15, 0.2) is 0 Å². The fourth-order valence-electron chi connectivity index (χ4n) is 3.85.